The van der Waals surface area contributed by atoms with Crippen molar-refractivity contribution in [1.29, 1.82) is 10.5 Å². The second-order valence-electron chi connectivity index (χ2n) is 6.59. The van der Waals surface area contributed by atoms with Crippen LogP contribution in [0.3, 0.4) is 0 Å². The molecule has 0 aromatic heterocycles. The van der Waals surface area contributed by atoms with Gasteiger partial charge in [-0.2, -0.15) is 0 Å². The topological polar surface area (TPSA) is 84.5 Å². The molecule has 0 unspecified atom stereocenters. The first-order valence-corrected chi connectivity index (χ1v) is 9.62. The maximum Gasteiger partial charge on any atom is 0.292 e. The Morgan fingerprint density at radius 1 is 0.438 bits per heavy atom. The lowest BCUT2D eigenvalue weighted by molar-refractivity contribution is 0.468. The molecule has 0 bridgehead atoms. The van der Waals surface area contributed by atoms with E-state index in [1.165, 1.54) is 0 Å². The van der Waals surface area contributed by atoms with Gasteiger partial charge in [-0.1, -0.05) is 36.4 Å². The molecule has 0 N–H and O–H groups in total. The van der Waals surface area contributed by atoms with E-state index in [0.29, 0.717) is 34.5 Å². The molecule has 0 radical (unpaired) electrons. The normalized spacial score (nSPS) is 9.81. The number of nitrogens with zero attached hydrogens (tertiary/aromatic N) is 2. The fourth-order valence-corrected chi connectivity index (χ4v) is 3.01. The molecule has 6 heteroatoms. The number of benzene rings is 4. The van der Waals surface area contributed by atoms with E-state index in [1.54, 1.807) is 61.0 Å². The second kappa shape index (κ2) is 9.71. The van der Waals surface area contributed by atoms with Crippen LogP contribution in [0.4, 0.5) is 0 Å². The number of ether oxygens (including phenoxy) is 4. The van der Waals surface area contributed by atoms with Gasteiger partial charge < -0.3 is 18.9 Å². The van der Waals surface area contributed by atoms with Crippen LogP contribution in [-0.2, 0) is 0 Å². The number of nitriles is 2. The van der Waals surface area contributed by atoms with Crippen molar-refractivity contribution in [2.45, 2.75) is 0 Å². The molecule has 4 aromatic rings. The molecule has 0 atom stereocenters. The lowest BCUT2D eigenvalue weighted by Crippen LogP contribution is -1.87. The monoisotopic (exact) mass is 420 g/mol. The third kappa shape index (κ3) is 5.15. The Hall–Kier alpha value is -4.94. The molecular weight excluding hydrogens is 404 g/mol. The zero-order valence-electron chi connectivity index (χ0n) is 16.8. The van der Waals surface area contributed by atoms with Crippen molar-refractivity contribution >= 4 is 0 Å². The third-order valence-corrected chi connectivity index (χ3v) is 4.45. The molecule has 0 heterocycles. The van der Waals surface area contributed by atoms with Gasteiger partial charge in [-0.3, -0.25) is 0 Å². The van der Waals surface area contributed by atoms with Gasteiger partial charge in [0.05, 0.1) is 0 Å². The van der Waals surface area contributed by atoms with Crippen molar-refractivity contribution in [3.8, 4) is 58.1 Å². The molecule has 0 fully saturated rings. The maximum atomic E-state index is 8.62. The third-order valence-electron chi connectivity index (χ3n) is 4.45. The SMILES string of the molecule is N#COc1cccc(Oc2ccc(-c3ccc(Oc4cccc(OC#N)c4)cc3)cc2)c1. The largest absolute Gasteiger partial charge is 0.457 e. The average Bonchev–Trinajstić information content (AvgIpc) is 2.81. The highest BCUT2D eigenvalue weighted by molar-refractivity contribution is 5.65. The minimum atomic E-state index is 0.424. The average molecular weight is 420 g/mol. The van der Waals surface area contributed by atoms with Gasteiger partial charge in [-0.15, -0.1) is 10.5 Å². The number of rotatable bonds is 7. The molecule has 0 saturated carbocycles. The molecule has 0 amide bonds. The van der Waals surface area contributed by atoms with Crippen LogP contribution < -0.4 is 18.9 Å². The predicted molar refractivity (Wildman–Crippen MR) is 117 cm³/mol. The van der Waals surface area contributed by atoms with Gasteiger partial charge in [0, 0.05) is 12.1 Å². The van der Waals surface area contributed by atoms with E-state index < -0.39 is 0 Å². The molecule has 0 saturated heterocycles. The van der Waals surface area contributed by atoms with Crippen molar-refractivity contribution in [3.63, 3.8) is 0 Å². The summed E-state index contributed by atoms with van der Waals surface area (Å²) in [4.78, 5) is 0. The molecule has 0 aliphatic heterocycles. The van der Waals surface area contributed by atoms with Gasteiger partial charge in [-0.05, 0) is 59.7 Å². The Kier molecular flexibility index (Phi) is 6.17. The molecule has 0 spiro atoms. The van der Waals surface area contributed by atoms with Crippen molar-refractivity contribution < 1.29 is 18.9 Å². The van der Waals surface area contributed by atoms with Crippen LogP contribution in [0.1, 0.15) is 0 Å². The Bertz CT molecular complexity index is 1180. The predicted octanol–water partition coefficient (Wildman–Crippen LogP) is 6.66. The molecule has 4 rings (SSSR count). The van der Waals surface area contributed by atoms with Crippen LogP contribution in [0, 0.1) is 23.0 Å². The van der Waals surface area contributed by atoms with Crippen molar-refractivity contribution in [3.05, 3.63) is 97.1 Å². The summed E-state index contributed by atoms with van der Waals surface area (Å²) in [5, 5.41) is 17.2. The summed E-state index contributed by atoms with van der Waals surface area (Å²) in [5.74, 6) is 3.35. The molecule has 0 aliphatic rings. The second-order valence-corrected chi connectivity index (χ2v) is 6.59. The minimum absolute atomic E-state index is 0.424. The molecule has 0 aliphatic carbocycles. The quantitative estimate of drug-likeness (QED) is 0.311. The van der Waals surface area contributed by atoms with Crippen LogP contribution in [0.5, 0.6) is 34.5 Å². The van der Waals surface area contributed by atoms with E-state index in [9.17, 15) is 0 Å². The highest BCUT2D eigenvalue weighted by atomic mass is 16.5. The summed E-state index contributed by atoms with van der Waals surface area (Å²) in [6.45, 7) is 0. The number of hydrogen-bond acceptors (Lipinski definition) is 6. The summed E-state index contributed by atoms with van der Waals surface area (Å²) in [7, 11) is 0. The first-order chi connectivity index (χ1) is 15.7. The Balaban J connectivity index is 1.42. The summed E-state index contributed by atoms with van der Waals surface area (Å²) in [6.07, 6.45) is 3.29. The van der Waals surface area contributed by atoms with Crippen LogP contribution in [0.25, 0.3) is 11.1 Å². The van der Waals surface area contributed by atoms with Gasteiger partial charge in [0.25, 0.3) is 12.5 Å². The zero-order valence-corrected chi connectivity index (χ0v) is 16.8. The fraction of sp³-hybridized carbons (Fsp3) is 0. The van der Waals surface area contributed by atoms with Gasteiger partial charge >= 0.3 is 0 Å². The first kappa shape index (κ1) is 20.3. The zero-order chi connectivity index (χ0) is 22.2. The number of hydrogen-bond donors (Lipinski definition) is 0. The van der Waals surface area contributed by atoms with E-state index in [-0.39, 0.29) is 0 Å². The summed E-state index contributed by atoms with van der Waals surface area (Å²) in [6, 6.07) is 29.1. The molecule has 6 nitrogen and oxygen atoms in total. The van der Waals surface area contributed by atoms with Crippen LogP contribution in [0.15, 0.2) is 97.1 Å². The molecular formula is C26H16N2O4. The lowest BCUT2D eigenvalue weighted by Gasteiger charge is -2.09. The summed E-state index contributed by atoms with van der Waals surface area (Å²) in [5.41, 5.74) is 2.05. The van der Waals surface area contributed by atoms with Gasteiger partial charge in [-0.25, -0.2) is 0 Å². The molecule has 4 aromatic carbocycles. The Labute approximate surface area is 185 Å². The molecule has 154 valence electrons. The summed E-state index contributed by atoms with van der Waals surface area (Å²) >= 11 is 0. The van der Waals surface area contributed by atoms with E-state index in [1.807, 2.05) is 48.5 Å². The van der Waals surface area contributed by atoms with Crippen molar-refractivity contribution in [2.75, 3.05) is 0 Å². The minimum Gasteiger partial charge on any atom is -0.457 e. The summed E-state index contributed by atoms with van der Waals surface area (Å²) < 4.78 is 21.3. The lowest BCUT2D eigenvalue weighted by atomic mass is 10.1. The van der Waals surface area contributed by atoms with Crippen molar-refractivity contribution in [2.24, 2.45) is 0 Å². The van der Waals surface area contributed by atoms with Gasteiger partial charge in [0.15, 0.2) is 0 Å². The van der Waals surface area contributed by atoms with Gasteiger partial charge in [0.2, 0.25) is 0 Å². The van der Waals surface area contributed by atoms with E-state index in [0.717, 1.165) is 11.1 Å². The van der Waals surface area contributed by atoms with Crippen LogP contribution >= 0.6 is 0 Å². The Morgan fingerprint density at radius 2 is 0.812 bits per heavy atom. The van der Waals surface area contributed by atoms with E-state index >= 15 is 0 Å². The van der Waals surface area contributed by atoms with E-state index in [2.05, 4.69) is 0 Å². The van der Waals surface area contributed by atoms with Crippen LogP contribution in [-0.4, -0.2) is 0 Å². The Morgan fingerprint density at radius 3 is 1.19 bits per heavy atom. The standard InChI is InChI=1S/C26H16N2O4/c27-17-29-23-3-1-5-25(15-23)31-21-11-7-19(8-12-21)20-9-13-22(14-10-20)32-26-6-2-4-24(16-26)30-18-28/h1-16H. The first-order valence-electron chi connectivity index (χ1n) is 9.62. The van der Waals surface area contributed by atoms with Crippen LogP contribution in [0.2, 0.25) is 0 Å². The van der Waals surface area contributed by atoms with E-state index in [4.69, 9.17) is 29.5 Å². The maximum absolute atomic E-state index is 8.62. The highest BCUT2D eigenvalue weighted by Crippen LogP contribution is 2.30. The van der Waals surface area contributed by atoms with Crippen molar-refractivity contribution in [1.82, 2.24) is 0 Å². The van der Waals surface area contributed by atoms with Gasteiger partial charge in [0.1, 0.15) is 34.5 Å². The fourth-order valence-electron chi connectivity index (χ4n) is 3.01. The highest BCUT2D eigenvalue weighted by Gasteiger charge is 2.04. The molecule has 32 heavy (non-hydrogen) atoms. The smallest absolute Gasteiger partial charge is 0.292 e.